The summed E-state index contributed by atoms with van der Waals surface area (Å²) >= 11 is 0. The van der Waals surface area contributed by atoms with Crippen LogP contribution in [0.1, 0.15) is 0 Å². The molecule has 0 spiro atoms. The van der Waals surface area contributed by atoms with E-state index in [0.29, 0.717) is 17.5 Å². The summed E-state index contributed by atoms with van der Waals surface area (Å²) in [7, 11) is 0. The van der Waals surface area contributed by atoms with Gasteiger partial charge in [0.2, 0.25) is 0 Å². The first-order chi connectivity index (χ1) is 25.2. The molecule has 10 aromatic rings. The zero-order chi connectivity index (χ0) is 33.7. The van der Waals surface area contributed by atoms with Gasteiger partial charge in [-0.1, -0.05) is 152 Å². The van der Waals surface area contributed by atoms with Crippen LogP contribution in [0.4, 0.5) is 0 Å². The fraction of sp³-hybridized carbons (Fsp3) is 0. The molecular formula is C47H29N3O. The Balaban J connectivity index is 1.17. The molecule has 2 aromatic heterocycles. The lowest BCUT2D eigenvalue weighted by Crippen LogP contribution is -2.01. The van der Waals surface area contributed by atoms with Gasteiger partial charge in [0.25, 0.3) is 0 Å². The highest BCUT2D eigenvalue weighted by Crippen LogP contribution is 2.41. The van der Waals surface area contributed by atoms with E-state index in [9.17, 15) is 0 Å². The van der Waals surface area contributed by atoms with E-state index >= 15 is 0 Å². The summed E-state index contributed by atoms with van der Waals surface area (Å²) in [4.78, 5) is 15.4. The van der Waals surface area contributed by atoms with Crippen LogP contribution >= 0.6 is 0 Å². The number of fused-ring (bicyclic) bond motifs is 5. The number of benzene rings is 8. The highest BCUT2D eigenvalue weighted by molar-refractivity contribution is 6.11. The van der Waals surface area contributed by atoms with Gasteiger partial charge in [-0.25, -0.2) is 15.0 Å². The fourth-order valence-corrected chi connectivity index (χ4v) is 7.13. The first kappa shape index (κ1) is 29.0. The molecule has 0 atom stereocenters. The van der Waals surface area contributed by atoms with Crippen molar-refractivity contribution in [1.82, 2.24) is 15.0 Å². The number of rotatable bonds is 5. The third kappa shape index (κ3) is 5.13. The van der Waals surface area contributed by atoms with Gasteiger partial charge in [-0.05, 0) is 62.5 Å². The van der Waals surface area contributed by atoms with Gasteiger partial charge < -0.3 is 4.42 Å². The number of hydrogen-bond acceptors (Lipinski definition) is 4. The number of hydrogen-bond donors (Lipinski definition) is 0. The Morgan fingerprint density at radius 1 is 0.314 bits per heavy atom. The van der Waals surface area contributed by atoms with E-state index < -0.39 is 0 Å². The molecule has 2 heterocycles. The number of para-hydroxylation sites is 2. The van der Waals surface area contributed by atoms with Crippen LogP contribution in [0.15, 0.2) is 180 Å². The van der Waals surface area contributed by atoms with Gasteiger partial charge in [0.1, 0.15) is 11.2 Å². The van der Waals surface area contributed by atoms with Gasteiger partial charge in [-0.15, -0.1) is 0 Å². The molecule has 10 rings (SSSR count). The van der Waals surface area contributed by atoms with Crippen molar-refractivity contribution in [2.45, 2.75) is 0 Å². The zero-order valence-electron chi connectivity index (χ0n) is 27.5. The van der Waals surface area contributed by atoms with Crippen molar-refractivity contribution < 1.29 is 4.42 Å². The maximum atomic E-state index is 6.55. The van der Waals surface area contributed by atoms with Gasteiger partial charge in [0, 0.05) is 33.0 Å². The smallest absolute Gasteiger partial charge is 0.164 e. The van der Waals surface area contributed by atoms with Gasteiger partial charge in [0.15, 0.2) is 17.5 Å². The molecule has 0 aliphatic carbocycles. The van der Waals surface area contributed by atoms with Crippen LogP contribution in [-0.4, -0.2) is 15.0 Å². The second-order valence-corrected chi connectivity index (χ2v) is 12.8. The Bertz CT molecular complexity index is 2910. The first-order valence-electron chi connectivity index (χ1n) is 17.1. The van der Waals surface area contributed by atoms with E-state index in [1.54, 1.807) is 0 Å². The van der Waals surface area contributed by atoms with Crippen LogP contribution in [0.2, 0.25) is 0 Å². The highest BCUT2D eigenvalue weighted by atomic mass is 16.3. The van der Waals surface area contributed by atoms with Crippen LogP contribution in [-0.2, 0) is 0 Å². The summed E-state index contributed by atoms with van der Waals surface area (Å²) in [6.45, 7) is 0. The number of aromatic nitrogens is 3. The van der Waals surface area contributed by atoms with Crippen molar-refractivity contribution in [3.8, 4) is 56.4 Å². The fourth-order valence-electron chi connectivity index (χ4n) is 7.13. The Morgan fingerprint density at radius 2 is 0.863 bits per heavy atom. The summed E-state index contributed by atoms with van der Waals surface area (Å²) in [6, 6.07) is 61.1. The molecule has 0 radical (unpaired) electrons. The van der Waals surface area contributed by atoms with Crippen molar-refractivity contribution in [1.29, 1.82) is 0 Å². The minimum atomic E-state index is 0.603. The topological polar surface area (TPSA) is 51.8 Å². The lowest BCUT2D eigenvalue weighted by Gasteiger charge is -2.14. The Labute approximate surface area is 294 Å². The van der Waals surface area contributed by atoms with E-state index in [1.165, 1.54) is 16.3 Å². The monoisotopic (exact) mass is 651 g/mol. The van der Waals surface area contributed by atoms with Crippen LogP contribution in [0.3, 0.4) is 0 Å². The maximum absolute atomic E-state index is 6.55. The summed E-state index contributed by atoms with van der Waals surface area (Å²) in [5, 5.41) is 6.86. The molecule has 4 nitrogen and oxygen atoms in total. The van der Waals surface area contributed by atoms with E-state index in [0.717, 1.165) is 66.1 Å². The van der Waals surface area contributed by atoms with Crippen molar-refractivity contribution >= 4 is 43.5 Å². The minimum Gasteiger partial charge on any atom is -0.455 e. The Morgan fingerprint density at radius 3 is 1.63 bits per heavy atom. The van der Waals surface area contributed by atoms with Crippen LogP contribution in [0.25, 0.3) is 99.9 Å². The van der Waals surface area contributed by atoms with Crippen molar-refractivity contribution in [3.05, 3.63) is 176 Å². The van der Waals surface area contributed by atoms with Crippen LogP contribution < -0.4 is 0 Å². The average Bonchev–Trinajstić information content (AvgIpc) is 3.59. The average molecular weight is 652 g/mol. The molecule has 0 bridgehead atoms. The summed E-state index contributed by atoms with van der Waals surface area (Å²) in [5.41, 5.74) is 8.77. The standard InChI is InChI=1S/C47H29N3O/c1-2-12-32(13-3-1)45-48-46(33-24-21-31(22-25-33)37-26-23-30-11-4-5-14-34(30)27-37)50-47(49-45)42-29-36-16-7-6-15-35(36)28-41(42)40-19-10-18-39-38-17-8-9-20-43(38)51-44(39)40/h1-29H. The van der Waals surface area contributed by atoms with Crippen LogP contribution in [0.5, 0.6) is 0 Å². The second-order valence-electron chi connectivity index (χ2n) is 12.8. The summed E-state index contributed by atoms with van der Waals surface area (Å²) in [5.74, 6) is 1.84. The lowest BCUT2D eigenvalue weighted by molar-refractivity contribution is 0.670. The summed E-state index contributed by atoms with van der Waals surface area (Å²) in [6.07, 6.45) is 0. The molecule has 4 heteroatoms. The van der Waals surface area contributed by atoms with E-state index in [2.05, 4.69) is 133 Å². The molecule has 0 aliphatic rings. The SMILES string of the molecule is c1ccc(-c2nc(-c3ccc(-c4ccc5ccccc5c4)cc3)nc(-c3cc4ccccc4cc3-c3cccc4c3oc3ccccc34)n2)cc1. The molecule has 0 fully saturated rings. The highest BCUT2D eigenvalue weighted by Gasteiger charge is 2.20. The van der Waals surface area contributed by atoms with Crippen molar-refractivity contribution in [3.63, 3.8) is 0 Å². The Kier molecular flexibility index (Phi) is 6.78. The Hall–Kier alpha value is -6.91. The molecule has 0 unspecified atom stereocenters. The number of furan rings is 1. The predicted molar refractivity (Wildman–Crippen MR) is 209 cm³/mol. The van der Waals surface area contributed by atoms with E-state index in [-0.39, 0.29) is 0 Å². The van der Waals surface area contributed by atoms with Gasteiger partial charge in [0.05, 0.1) is 0 Å². The van der Waals surface area contributed by atoms with Gasteiger partial charge >= 0.3 is 0 Å². The second kappa shape index (κ2) is 11.9. The molecule has 0 aliphatic heterocycles. The zero-order valence-corrected chi connectivity index (χ0v) is 27.5. The molecule has 0 N–H and O–H groups in total. The molecule has 51 heavy (non-hydrogen) atoms. The van der Waals surface area contributed by atoms with E-state index in [1.807, 2.05) is 42.5 Å². The first-order valence-corrected chi connectivity index (χ1v) is 17.1. The van der Waals surface area contributed by atoms with Crippen molar-refractivity contribution in [2.24, 2.45) is 0 Å². The molecule has 238 valence electrons. The normalized spacial score (nSPS) is 11.5. The largest absolute Gasteiger partial charge is 0.455 e. The van der Waals surface area contributed by atoms with E-state index in [4.69, 9.17) is 19.4 Å². The van der Waals surface area contributed by atoms with Crippen LogP contribution in [0, 0.1) is 0 Å². The molecule has 0 saturated heterocycles. The molecule has 0 amide bonds. The minimum absolute atomic E-state index is 0.603. The summed E-state index contributed by atoms with van der Waals surface area (Å²) < 4.78 is 6.55. The third-order valence-corrected chi connectivity index (χ3v) is 9.71. The number of nitrogens with zero attached hydrogens (tertiary/aromatic N) is 3. The maximum Gasteiger partial charge on any atom is 0.164 e. The lowest BCUT2D eigenvalue weighted by atomic mass is 9.93. The van der Waals surface area contributed by atoms with Gasteiger partial charge in [-0.3, -0.25) is 0 Å². The molecule has 8 aromatic carbocycles. The molecule has 0 saturated carbocycles. The third-order valence-electron chi connectivity index (χ3n) is 9.71. The molecular weight excluding hydrogens is 623 g/mol. The predicted octanol–water partition coefficient (Wildman–Crippen LogP) is 12.4. The van der Waals surface area contributed by atoms with Crippen molar-refractivity contribution in [2.75, 3.05) is 0 Å². The quantitative estimate of drug-likeness (QED) is 0.186. The van der Waals surface area contributed by atoms with Gasteiger partial charge in [-0.2, -0.15) is 0 Å².